The van der Waals surface area contributed by atoms with Gasteiger partial charge in [0.15, 0.2) is 5.70 Å². The van der Waals surface area contributed by atoms with Crippen molar-refractivity contribution in [2.24, 2.45) is 4.99 Å². The van der Waals surface area contributed by atoms with Crippen LogP contribution in [0.5, 0.6) is 0 Å². The molecule has 0 saturated carbocycles. The van der Waals surface area contributed by atoms with E-state index >= 15 is 0 Å². The summed E-state index contributed by atoms with van der Waals surface area (Å²) in [6, 6.07) is 15.1. The van der Waals surface area contributed by atoms with Gasteiger partial charge >= 0.3 is 5.97 Å². The molecule has 2 aromatic carbocycles. The third-order valence-electron chi connectivity index (χ3n) is 2.87. The summed E-state index contributed by atoms with van der Waals surface area (Å²) in [5.74, 6) is -0.113. The molecular formula is C16H9Br2NO2. The molecule has 0 spiro atoms. The van der Waals surface area contributed by atoms with Crippen molar-refractivity contribution < 1.29 is 9.53 Å². The van der Waals surface area contributed by atoms with E-state index in [0.29, 0.717) is 11.6 Å². The van der Waals surface area contributed by atoms with Gasteiger partial charge in [-0.2, -0.15) is 0 Å². The summed E-state index contributed by atoms with van der Waals surface area (Å²) >= 11 is 6.76. The van der Waals surface area contributed by atoms with Crippen molar-refractivity contribution in [2.75, 3.05) is 0 Å². The van der Waals surface area contributed by atoms with Gasteiger partial charge in [-0.1, -0.05) is 50.1 Å². The first-order valence-corrected chi connectivity index (χ1v) is 7.74. The molecule has 0 N–H and O–H groups in total. The lowest BCUT2D eigenvalue weighted by Crippen LogP contribution is -2.05. The van der Waals surface area contributed by atoms with Crippen LogP contribution < -0.4 is 0 Å². The summed E-state index contributed by atoms with van der Waals surface area (Å²) in [5.41, 5.74) is 1.95. The molecule has 0 amide bonds. The first kappa shape index (κ1) is 14.2. The standard InChI is InChI=1S/C16H9Br2NO2/c17-12-6-4-10(5-7-12)8-14-16(20)21-15(19-14)11-2-1-3-13(18)9-11/h1-9H/b14-8+. The van der Waals surface area contributed by atoms with Gasteiger partial charge in [0.2, 0.25) is 5.90 Å². The number of hydrogen-bond acceptors (Lipinski definition) is 3. The maximum absolute atomic E-state index is 11.9. The zero-order valence-corrected chi connectivity index (χ0v) is 13.9. The van der Waals surface area contributed by atoms with Gasteiger partial charge in [-0.15, -0.1) is 0 Å². The summed E-state index contributed by atoms with van der Waals surface area (Å²) < 4.78 is 7.11. The van der Waals surface area contributed by atoms with Gasteiger partial charge in [-0.3, -0.25) is 0 Å². The highest BCUT2D eigenvalue weighted by molar-refractivity contribution is 9.10. The monoisotopic (exact) mass is 405 g/mol. The van der Waals surface area contributed by atoms with E-state index in [2.05, 4.69) is 36.9 Å². The van der Waals surface area contributed by atoms with Crippen molar-refractivity contribution in [2.45, 2.75) is 0 Å². The highest BCUT2D eigenvalue weighted by Crippen LogP contribution is 2.21. The minimum Gasteiger partial charge on any atom is -0.402 e. The second kappa shape index (κ2) is 5.95. The van der Waals surface area contributed by atoms with E-state index in [1.807, 2.05) is 48.5 Å². The zero-order chi connectivity index (χ0) is 14.8. The maximum atomic E-state index is 11.9. The molecule has 104 valence electrons. The molecule has 0 bridgehead atoms. The van der Waals surface area contributed by atoms with Gasteiger partial charge in [-0.25, -0.2) is 9.79 Å². The fourth-order valence-corrected chi connectivity index (χ4v) is 2.53. The maximum Gasteiger partial charge on any atom is 0.363 e. The lowest BCUT2D eigenvalue weighted by molar-refractivity contribution is -0.129. The zero-order valence-electron chi connectivity index (χ0n) is 10.7. The van der Waals surface area contributed by atoms with Crippen LogP contribution in [-0.4, -0.2) is 11.9 Å². The van der Waals surface area contributed by atoms with Crippen LogP contribution in [0.4, 0.5) is 0 Å². The van der Waals surface area contributed by atoms with E-state index < -0.39 is 5.97 Å². The van der Waals surface area contributed by atoms with E-state index in [4.69, 9.17) is 4.74 Å². The summed E-state index contributed by atoms with van der Waals surface area (Å²) in [7, 11) is 0. The van der Waals surface area contributed by atoms with E-state index in [1.54, 1.807) is 6.08 Å². The van der Waals surface area contributed by atoms with Crippen molar-refractivity contribution in [3.8, 4) is 0 Å². The van der Waals surface area contributed by atoms with E-state index in [-0.39, 0.29) is 0 Å². The number of carbonyl (C=O) groups excluding carboxylic acids is 1. The molecule has 0 atom stereocenters. The number of esters is 1. The molecule has 1 aliphatic rings. The summed E-state index contributed by atoms with van der Waals surface area (Å²) in [4.78, 5) is 16.2. The number of carbonyl (C=O) groups is 1. The number of aliphatic imine (C=N–C) groups is 1. The average molecular weight is 407 g/mol. The summed E-state index contributed by atoms with van der Waals surface area (Å²) in [6.45, 7) is 0. The first-order valence-electron chi connectivity index (χ1n) is 6.16. The predicted octanol–water partition coefficient (Wildman–Crippen LogP) is 4.56. The fourth-order valence-electron chi connectivity index (χ4n) is 1.87. The van der Waals surface area contributed by atoms with E-state index in [1.165, 1.54) is 0 Å². The SMILES string of the molecule is O=C1OC(c2cccc(Br)c2)=N/C1=C/c1ccc(Br)cc1. The van der Waals surface area contributed by atoms with E-state index in [9.17, 15) is 4.79 Å². The molecule has 0 radical (unpaired) electrons. The van der Waals surface area contributed by atoms with Crippen molar-refractivity contribution >= 4 is 49.8 Å². The number of rotatable bonds is 2. The Kier molecular flexibility index (Phi) is 4.03. The number of ether oxygens (including phenoxy) is 1. The largest absolute Gasteiger partial charge is 0.402 e. The Morgan fingerprint density at radius 3 is 2.48 bits per heavy atom. The lowest BCUT2D eigenvalue weighted by atomic mass is 10.2. The summed E-state index contributed by atoms with van der Waals surface area (Å²) in [5, 5.41) is 0. The van der Waals surface area contributed by atoms with Gasteiger partial charge in [0.05, 0.1) is 0 Å². The van der Waals surface area contributed by atoms with Gasteiger partial charge in [0, 0.05) is 14.5 Å². The van der Waals surface area contributed by atoms with Crippen molar-refractivity contribution in [1.82, 2.24) is 0 Å². The second-order valence-electron chi connectivity index (χ2n) is 4.40. The molecule has 21 heavy (non-hydrogen) atoms. The second-order valence-corrected chi connectivity index (χ2v) is 6.23. The van der Waals surface area contributed by atoms with Crippen LogP contribution in [0.3, 0.4) is 0 Å². The van der Waals surface area contributed by atoms with Crippen LogP contribution in [0.2, 0.25) is 0 Å². The van der Waals surface area contributed by atoms with Gasteiger partial charge in [0.1, 0.15) is 0 Å². The Balaban J connectivity index is 1.93. The topological polar surface area (TPSA) is 38.7 Å². The lowest BCUT2D eigenvalue weighted by Gasteiger charge is -1.99. The summed E-state index contributed by atoms with van der Waals surface area (Å²) in [6.07, 6.45) is 1.71. The molecule has 3 rings (SSSR count). The smallest absolute Gasteiger partial charge is 0.363 e. The van der Waals surface area contributed by atoms with Crippen molar-refractivity contribution in [1.29, 1.82) is 0 Å². The number of hydrogen-bond donors (Lipinski definition) is 0. The molecule has 0 unspecified atom stereocenters. The minimum atomic E-state index is -0.437. The van der Waals surface area contributed by atoms with Gasteiger partial charge in [-0.05, 0) is 42.0 Å². The predicted molar refractivity (Wildman–Crippen MR) is 88.9 cm³/mol. The average Bonchev–Trinajstić information content (AvgIpc) is 2.83. The van der Waals surface area contributed by atoms with Crippen LogP contribution in [0.15, 0.2) is 68.2 Å². The molecule has 0 fully saturated rings. The highest BCUT2D eigenvalue weighted by atomic mass is 79.9. The normalized spacial score (nSPS) is 16.0. The van der Waals surface area contributed by atoms with E-state index in [0.717, 1.165) is 20.1 Å². The molecule has 2 aromatic rings. The third kappa shape index (κ3) is 3.31. The quantitative estimate of drug-likeness (QED) is 0.541. The number of cyclic esters (lactones) is 1. The van der Waals surface area contributed by atoms with Crippen molar-refractivity contribution in [3.63, 3.8) is 0 Å². The Labute approximate surface area is 138 Å². The molecule has 3 nitrogen and oxygen atoms in total. The Bertz CT molecular complexity index is 764. The van der Waals surface area contributed by atoms with Crippen LogP contribution in [0.1, 0.15) is 11.1 Å². The minimum absolute atomic E-state index is 0.298. The van der Waals surface area contributed by atoms with Gasteiger partial charge in [0.25, 0.3) is 0 Å². The highest BCUT2D eigenvalue weighted by Gasteiger charge is 2.24. The molecule has 0 saturated heterocycles. The Hall–Kier alpha value is -1.72. The molecular weight excluding hydrogens is 398 g/mol. The van der Waals surface area contributed by atoms with Crippen LogP contribution >= 0.6 is 31.9 Å². The van der Waals surface area contributed by atoms with Gasteiger partial charge < -0.3 is 4.74 Å². The molecule has 5 heteroatoms. The van der Waals surface area contributed by atoms with Crippen LogP contribution in [-0.2, 0) is 9.53 Å². The number of halogens is 2. The number of benzene rings is 2. The fraction of sp³-hybridized carbons (Fsp3) is 0. The van der Waals surface area contributed by atoms with Crippen LogP contribution in [0.25, 0.3) is 6.08 Å². The molecule has 0 aromatic heterocycles. The molecule has 1 heterocycles. The van der Waals surface area contributed by atoms with Crippen molar-refractivity contribution in [3.05, 3.63) is 74.3 Å². The Morgan fingerprint density at radius 1 is 1.00 bits per heavy atom. The third-order valence-corrected chi connectivity index (χ3v) is 3.89. The first-order chi connectivity index (χ1) is 10.1. The van der Waals surface area contributed by atoms with Crippen LogP contribution in [0, 0.1) is 0 Å². The molecule has 1 aliphatic heterocycles. The number of nitrogens with zero attached hydrogens (tertiary/aromatic N) is 1. The molecule has 0 aliphatic carbocycles. The Morgan fingerprint density at radius 2 is 1.76 bits per heavy atom.